The highest BCUT2D eigenvalue weighted by Gasteiger charge is 2.15. The van der Waals surface area contributed by atoms with Gasteiger partial charge in [-0.15, -0.1) is 0 Å². The number of rotatable bonds is 3. The Hall–Kier alpha value is -0.450. The molecule has 1 aromatic carbocycles. The standard InChI is InChI=1S/C13H18BrFN2/c1-10(9-17-6-4-16-5-7-17)11-2-3-12(14)13(15)8-11/h2-3,8,10,16H,4-7,9H2,1H3. The molecule has 1 unspecified atom stereocenters. The van der Waals surface area contributed by atoms with Gasteiger partial charge in [-0.3, -0.25) is 0 Å². The number of piperazine rings is 1. The van der Waals surface area contributed by atoms with E-state index in [4.69, 9.17) is 0 Å². The van der Waals surface area contributed by atoms with E-state index in [1.807, 2.05) is 6.07 Å². The first-order valence-corrected chi connectivity index (χ1v) is 6.84. The van der Waals surface area contributed by atoms with Gasteiger partial charge < -0.3 is 10.2 Å². The van der Waals surface area contributed by atoms with Gasteiger partial charge in [-0.05, 0) is 39.5 Å². The zero-order valence-electron chi connectivity index (χ0n) is 10.0. The largest absolute Gasteiger partial charge is 0.314 e. The molecule has 1 atom stereocenters. The lowest BCUT2D eigenvalue weighted by Crippen LogP contribution is -2.44. The first-order valence-electron chi connectivity index (χ1n) is 6.05. The molecule has 1 fully saturated rings. The molecule has 4 heteroatoms. The van der Waals surface area contributed by atoms with Gasteiger partial charge in [-0.25, -0.2) is 4.39 Å². The minimum atomic E-state index is -0.172. The highest BCUT2D eigenvalue weighted by molar-refractivity contribution is 9.10. The molecule has 2 nitrogen and oxygen atoms in total. The summed E-state index contributed by atoms with van der Waals surface area (Å²) in [5, 5.41) is 3.34. The molecule has 0 saturated carbocycles. The SMILES string of the molecule is CC(CN1CCNCC1)c1ccc(Br)c(F)c1. The van der Waals surface area contributed by atoms with Gasteiger partial charge in [0.05, 0.1) is 4.47 Å². The first kappa shape index (κ1) is 13.0. The Balaban J connectivity index is 1.98. The maximum absolute atomic E-state index is 13.4. The molecular formula is C13H18BrFN2. The van der Waals surface area contributed by atoms with Crippen LogP contribution in [-0.2, 0) is 0 Å². The van der Waals surface area contributed by atoms with Crippen LogP contribution in [0.5, 0.6) is 0 Å². The quantitative estimate of drug-likeness (QED) is 0.923. The molecule has 0 amide bonds. The number of hydrogen-bond acceptors (Lipinski definition) is 2. The molecule has 17 heavy (non-hydrogen) atoms. The van der Waals surface area contributed by atoms with Gasteiger partial charge in [0.2, 0.25) is 0 Å². The Kier molecular flexibility index (Phi) is 4.54. The van der Waals surface area contributed by atoms with Gasteiger partial charge in [-0.1, -0.05) is 13.0 Å². The molecule has 0 radical (unpaired) electrons. The van der Waals surface area contributed by atoms with Gasteiger partial charge in [0.15, 0.2) is 0 Å². The van der Waals surface area contributed by atoms with Gasteiger partial charge in [0.1, 0.15) is 5.82 Å². The van der Waals surface area contributed by atoms with E-state index >= 15 is 0 Å². The van der Waals surface area contributed by atoms with Gasteiger partial charge in [0.25, 0.3) is 0 Å². The van der Waals surface area contributed by atoms with E-state index in [1.165, 1.54) is 0 Å². The lowest BCUT2D eigenvalue weighted by Gasteiger charge is -2.29. The fourth-order valence-electron chi connectivity index (χ4n) is 2.21. The van der Waals surface area contributed by atoms with Crippen molar-refractivity contribution in [1.29, 1.82) is 0 Å². The van der Waals surface area contributed by atoms with E-state index in [-0.39, 0.29) is 5.82 Å². The Bertz CT molecular complexity index is 378. The molecule has 1 saturated heterocycles. The zero-order valence-corrected chi connectivity index (χ0v) is 11.6. The lowest BCUT2D eigenvalue weighted by molar-refractivity contribution is 0.230. The van der Waals surface area contributed by atoms with Crippen LogP contribution in [0.3, 0.4) is 0 Å². The maximum Gasteiger partial charge on any atom is 0.137 e. The van der Waals surface area contributed by atoms with Crippen LogP contribution in [0.4, 0.5) is 4.39 Å². The third-order valence-corrected chi connectivity index (χ3v) is 3.90. The number of hydrogen-bond donors (Lipinski definition) is 1. The van der Waals surface area contributed by atoms with Crippen molar-refractivity contribution >= 4 is 15.9 Å². The van der Waals surface area contributed by atoms with E-state index in [1.54, 1.807) is 12.1 Å². The number of benzene rings is 1. The summed E-state index contributed by atoms with van der Waals surface area (Å²) in [6.07, 6.45) is 0. The molecule has 94 valence electrons. The summed E-state index contributed by atoms with van der Waals surface area (Å²) in [6, 6.07) is 5.43. The van der Waals surface area contributed by atoms with Gasteiger partial charge in [0, 0.05) is 32.7 Å². The van der Waals surface area contributed by atoms with Crippen molar-refractivity contribution in [2.75, 3.05) is 32.7 Å². The minimum absolute atomic E-state index is 0.172. The van der Waals surface area contributed by atoms with E-state index in [9.17, 15) is 4.39 Å². The minimum Gasteiger partial charge on any atom is -0.314 e. The number of nitrogens with zero attached hydrogens (tertiary/aromatic N) is 1. The van der Waals surface area contributed by atoms with Crippen molar-refractivity contribution in [2.24, 2.45) is 0 Å². The highest BCUT2D eigenvalue weighted by atomic mass is 79.9. The molecule has 0 spiro atoms. The molecule has 0 aromatic heterocycles. The van der Waals surface area contributed by atoms with Crippen molar-refractivity contribution in [2.45, 2.75) is 12.8 Å². The molecule has 1 N–H and O–H groups in total. The van der Waals surface area contributed by atoms with Crippen molar-refractivity contribution in [3.8, 4) is 0 Å². The van der Waals surface area contributed by atoms with Crippen molar-refractivity contribution < 1.29 is 4.39 Å². The average Bonchev–Trinajstić information content (AvgIpc) is 2.34. The second-order valence-corrected chi connectivity index (χ2v) is 5.48. The maximum atomic E-state index is 13.4. The Labute approximate surface area is 110 Å². The van der Waals surface area contributed by atoms with E-state index in [0.717, 1.165) is 38.3 Å². The Morgan fingerprint density at radius 2 is 2.12 bits per heavy atom. The summed E-state index contributed by atoms with van der Waals surface area (Å²) in [6.45, 7) is 7.45. The van der Waals surface area contributed by atoms with E-state index < -0.39 is 0 Å². The lowest BCUT2D eigenvalue weighted by atomic mass is 10.0. The number of nitrogens with one attached hydrogen (secondary N) is 1. The summed E-state index contributed by atoms with van der Waals surface area (Å²) >= 11 is 3.18. The molecule has 0 aliphatic carbocycles. The van der Waals surface area contributed by atoms with Crippen LogP contribution in [0, 0.1) is 5.82 Å². The normalized spacial score (nSPS) is 19.2. The molecule has 1 heterocycles. The van der Waals surface area contributed by atoms with Crippen LogP contribution >= 0.6 is 15.9 Å². The summed E-state index contributed by atoms with van der Waals surface area (Å²) < 4.78 is 14.0. The highest BCUT2D eigenvalue weighted by Crippen LogP contribution is 2.22. The fraction of sp³-hybridized carbons (Fsp3) is 0.538. The summed E-state index contributed by atoms with van der Waals surface area (Å²) in [5.41, 5.74) is 1.07. The second-order valence-electron chi connectivity index (χ2n) is 4.63. The zero-order chi connectivity index (χ0) is 12.3. The van der Waals surface area contributed by atoms with Gasteiger partial charge >= 0.3 is 0 Å². The third kappa shape index (κ3) is 3.50. The van der Waals surface area contributed by atoms with Crippen LogP contribution in [0.2, 0.25) is 0 Å². The van der Waals surface area contributed by atoms with Crippen LogP contribution in [-0.4, -0.2) is 37.6 Å². The van der Waals surface area contributed by atoms with Crippen LogP contribution < -0.4 is 5.32 Å². The van der Waals surface area contributed by atoms with Crippen LogP contribution in [0.25, 0.3) is 0 Å². The molecule has 0 bridgehead atoms. The van der Waals surface area contributed by atoms with E-state index in [0.29, 0.717) is 10.4 Å². The smallest absolute Gasteiger partial charge is 0.137 e. The molecule has 2 rings (SSSR count). The van der Waals surface area contributed by atoms with Crippen molar-refractivity contribution in [3.05, 3.63) is 34.1 Å². The first-order chi connectivity index (χ1) is 8.16. The van der Waals surface area contributed by atoms with E-state index in [2.05, 4.69) is 33.1 Å². The molecule has 1 aromatic rings. The van der Waals surface area contributed by atoms with Crippen molar-refractivity contribution in [1.82, 2.24) is 10.2 Å². The monoisotopic (exact) mass is 300 g/mol. The van der Waals surface area contributed by atoms with Crippen molar-refractivity contribution in [3.63, 3.8) is 0 Å². The van der Waals surface area contributed by atoms with Crippen LogP contribution in [0.15, 0.2) is 22.7 Å². The predicted molar refractivity (Wildman–Crippen MR) is 71.8 cm³/mol. The predicted octanol–water partition coefficient (Wildman–Crippen LogP) is 2.60. The summed E-state index contributed by atoms with van der Waals surface area (Å²) in [4.78, 5) is 2.43. The molecule has 1 aliphatic rings. The fourth-order valence-corrected chi connectivity index (χ4v) is 2.45. The van der Waals surface area contributed by atoms with Crippen LogP contribution in [0.1, 0.15) is 18.4 Å². The topological polar surface area (TPSA) is 15.3 Å². The second kappa shape index (κ2) is 5.94. The molecular weight excluding hydrogens is 283 g/mol. The van der Waals surface area contributed by atoms with Gasteiger partial charge in [-0.2, -0.15) is 0 Å². The average molecular weight is 301 g/mol. The summed E-state index contributed by atoms with van der Waals surface area (Å²) in [7, 11) is 0. The third-order valence-electron chi connectivity index (χ3n) is 3.25. The Morgan fingerprint density at radius 3 is 2.76 bits per heavy atom. The Morgan fingerprint density at radius 1 is 1.41 bits per heavy atom. The summed E-state index contributed by atoms with van der Waals surface area (Å²) in [5.74, 6) is 0.199. The number of halogens is 2. The molecule has 1 aliphatic heterocycles.